The number of nitro groups is 1. The van der Waals surface area contributed by atoms with Crippen LogP contribution in [0.2, 0.25) is 0 Å². The lowest BCUT2D eigenvalue weighted by Gasteiger charge is -2.15. The first-order chi connectivity index (χ1) is 10.0. The van der Waals surface area contributed by atoms with Crippen molar-refractivity contribution in [3.63, 3.8) is 0 Å². The molecular formula is C14H17N3O4. The molecule has 0 aliphatic rings. The number of benzene rings is 1. The zero-order chi connectivity index (χ0) is 15.8. The molecule has 1 N–H and O–H groups in total. The summed E-state index contributed by atoms with van der Waals surface area (Å²) in [7, 11) is 0. The van der Waals surface area contributed by atoms with E-state index in [0.29, 0.717) is 6.42 Å². The van der Waals surface area contributed by atoms with Gasteiger partial charge in [0.25, 0.3) is 5.91 Å². The van der Waals surface area contributed by atoms with Crippen molar-refractivity contribution in [3.8, 4) is 11.8 Å². The van der Waals surface area contributed by atoms with E-state index in [-0.39, 0.29) is 36.1 Å². The smallest absolute Gasteiger partial charge is 0.311 e. The summed E-state index contributed by atoms with van der Waals surface area (Å²) >= 11 is 0. The summed E-state index contributed by atoms with van der Waals surface area (Å²) in [4.78, 5) is 22.7. The van der Waals surface area contributed by atoms with E-state index in [0.717, 1.165) is 0 Å². The predicted octanol–water partition coefficient (Wildman–Crippen LogP) is 2.42. The van der Waals surface area contributed by atoms with Crippen LogP contribution in [0.1, 0.15) is 37.0 Å². The van der Waals surface area contributed by atoms with Gasteiger partial charge in [0.05, 0.1) is 29.6 Å². The third-order valence-corrected chi connectivity index (χ3v) is 2.89. The standard InChI is InChI=1S/C14H17N3O4/c1-3-10(8-9-15)16-14(18)11-6-5-7-12(17(19)20)13(11)21-4-2/h5-7,10H,3-4,8H2,1-2H3,(H,16,18). The van der Waals surface area contributed by atoms with Crippen molar-refractivity contribution in [2.75, 3.05) is 6.61 Å². The molecule has 0 radical (unpaired) electrons. The molecule has 1 atom stereocenters. The van der Waals surface area contributed by atoms with Gasteiger partial charge in [0.1, 0.15) is 0 Å². The summed E-state index contributed by atoms with van der Waals surface area (Å²) in [5.74, 6) is -0.529. The first kappa shape index (κ1) is 16.4. The van der Waals surface area contributed by atoms with Crippen molar-refractivity contribution in [3.05, 3.63) is 33.9 Å². The van der Waals surface area contributed by atoms with Crippen LogP contribution in [0.25, 0.3) is 0 Å². The summed E-state index contributed by atoms with van der Waals surface area (Å²) in [6, 6.07) is 5.88. The van der Waals surface area contributed by atoms with Crippen LogP contribution < -0.4 is 10.1 Å². The fourth-order valence-corrected chi connectivity index (χ4v) is 1.81. The molecule has 7 heteroatoms. The van der Waals surface area contributed by atoms with E-state index in [1.165, 1.54) is 18.2 Å². The highest BCUT2D eigenvalue weighted by molar-refractivity contribution is 5.98. The topological polar surface area (TPSA) is 105 Å². The van der Waals surface area contributed by atoms with Crippen LogP contribution in [0, 0.1) is 21.4 Å². The molecule has 1 aromatic carbocycles. The molecule has 21 heavy (non-hydrogen) atoms. The van der Waals surface area contributed by atoms with E-state index in [1.54, 1.807) is 6.92 Å². The Balaban J connectivity index is 3.11. The lowest BCUT2D eigenvalue weighted by atomic mass is 10.1. The average molecular weight is 291 g/mol. The molecule has 112 valence electrons. The molecular weight excluding hydrogens is 274 g/mol. The summed E-state index contributed by atoms with van der Waals surface area (Å²) in [6.07, 6.45) is 0.777. The Morgan fingerprint density at radius 2 is 2.24 bits per heavy atom. The van der Waals surface area contributed by atoms with Gasteiger partial charge in [0.2, 0.25) is 5.75 Å². The maximum atomic E-state index is 12.2. The van der Waals surface area contributed by atoms with Crippen molar-refractivity contribution in [2.45, 2.75) is 32.7 Å². The highest BCUT2D eigenvalue weighted by Gasteiger charge is 2.24. The zero-order valence-corrected chi connectivity index (χ0v) is 12.0. The molecule has 1 aromatic rings. The lowest BCUT2D eigenvalue weighted by molar-refractivity contribution is -0.385. The second-order valence-electron chi connectivity index (χ2n) is 4.28. The van der Waals surface area contributed by atoms with Crippen molar-refractivity contribution < 1.29 is 14.5 Å². The molecule has 0 fully saturated rings. The molecule has 0 spiro atoms. The minimum atomic E-state index is -0.589. The molecule has 1 rings (SSSR count). The second-order valence-corrected chi connectivity index (χ2v) is 4.28. The normalized spacial score (nSPS) is 11.3. The summed E-state index contributed by atoms with van der Waals surface area (Å²) in [5, 5.41) is 22.4. The first-order valence-corrected chi connectivity index (χ1v) is 6.63. The Morgan fingerprint density at radius 1 is 1.52 bits per heavy atom. The van der Waals surface area contributed by atoms with Crippen LogP contribution in [0.4, 0.5) is 5.69 Å². The SMILES string of the molecule is CCOc1c(C(=O)NC(CC)CC#N)cccc1[N+](=O)[O-]. The Hall–Kier alpha value is -2.62. The second kappa shape index (κ2) is 7.85. The van der Waals surface area contributed by atoms with Gasteiger partial charge >= 0.3 is 5.69 Å². The van der Waals surface area contributed by atoms with Crippen molar-refractivity contribution in [1.29, 1.82) is 5.26 Å². The van der Waals surface area contributed by atoms with Crippen LogP contribution in [0.3, 0.4) is 0 Å². The maximum Gasteiger partial charge on any atom is 0.311 e. The zero-order valence-electron chi connectivity index (χ0n) is 12.0. The van der Waals surface area contributed by atoms with E-state index in [9.17, 15) is 14.9 Å². The van der Waals surface area contributed by atoms with Gasteiger partial charge in [-0.05, 0) is 19.4 Å². The van der Waals surface area contributed by atoms with E-state index in [1.807, 2.05) is 13.0 Å². The number of nitrogens with zero attached hydrogens (tertiary/aromatic N) is 2. The van der Waals surface area contributed by atoms with Gasteiger partial charge in [-0.15, -0.1) is 0 Å². The number of rotatable bonds is 7. The fraction of sp³-hybridized carbons (Fsp3) is 0.429. The average Bonchev–Trinajstić information content (AvgIpc) is 2.46. The number of ether oxygens (including phenoxy) is 1. The maximum absolute atomic E-state index is 12.2. The van der Waals surface area contributed by atoms with Gasteiger partial charge in [-0.3, -0.25) is 14.9 Å². The van der Waals surface area contributed by atoms with Gasteiger partial charge in [-0.1, -0.05) is 13.0 Å². The molecule has 0 saturated heterocycles. The quantitative estimate of drug-likeness (QED) is 0.613. The van der Waals surface area contributed by atoms with Crippen LogP contribution >= 0.6 is 0 Å². The van der Waals surface area contributed by atoms with Crippen LogP contribution in [0.5, 0.6) is 5.75 Å². The highest BCUT2D eigenvalue weighted by atomic mass is 16.6. The molecule has 0 aromatic heterocycles. The number of carbonyl (C=O) groups is 1. The summed E-state index contributed by atoms with van der Waals surface area (Å²) in [5.41, 5.74) is -0.153. The molecule has 7 nitrogen and oxygen atoms in total. The lowest BCUT2D eigenvalue weighted by Crippen LogP contribution is -2.34. The Kier molecular flexibility index (Phi) is 6.14. The summed E-state index contributed by atoms with van der Waals surface area (Å²) in [6.45, 7) is 3.74. The molecule has 1 amide bonds. The predicted molar refractivity (Wildman–Crippen MR) is 76.0 cm³/mol. The van der Waals surface area contributed by atoms with Gasteiger partial charge in [0.15, 0.2) is 0 Å². The molecule has 1 unspecified atom stereocenters. The number of nitrogens with one attached hydrogen (secondary N) is 1. The molecule has 0 aliphatic carbocycles. The summed E-state index contributed by atoms with van der Waals surface area (Å²) < 4.78 is 5.26. The van der Waals surface area contributed by atoms with Crippen LogP contribution in [-0.2, 0) is 0 Å². The van der Waals surface area contributed by atoms with E-state index < -0.39 is 10.8 Å². The van der Waals surface area contributed by atoms with Gasteiger partial charge in [0, 0.05) is 12.1 Å². The number of para-hydroxylation sites is 1. The minimum absolute atomic E-state index is 0.0469. The number of nitro benzene ring substituents is 1. The minimum Gasteiger partial charge on any atom is -0.487 e. The fourth-order valence-electron chi connectivity index (χ4n) is 1.81. The number of nitriles is 1. The molecule has 0 bridgehead atoms. The van der Waals surface area contributed by atoms with Gasteiger partial charge in [-0.2, -0.15) is 5.26 Å². The largest absolute Gasteiger partial charge is 0.487 e. The molecule has 0 heterocycles. The van der Waals surface area contributed by atoms with Crippen molar-refractivity contribution in [1.82, 2.24) is 5.32 Å². The number of hydrogen-bond acceptors (Lipinski definition) is 5. The van der Waals surface area contributed by atoms with E-state index in [4.69, 9.17) is 10.00 Å². The molecule has 0 aliphatic heterocycles. The van der Waals surface area contributed by atoms with Gasteiger partial charge in [-0.25, -0.2) is 0 Å². The third-order valence-electron chi connectivity index (χ3n) is 2.89. The number of hydrogen-bond donors (Lipinski definition) is 1. The Morgan fingerprint density at radius 3 is 2.76 bits per heavy atom. The van der Waals surface area contributed by atoms with E-state index in [2.05, 4.69) is 5.32 Å². The third kappa shape index (κ3) is 4.18. The Labute approximate surface area is 122 Å². The van der Waals surface area contributed by atoms with Gasteiger partial charge < -0.3 is 10.1 Å². The highest BCUT2D eigenvalue weighted by Crippen LogP contribution is 2.31. The van der Waals surface area contributed by atoms with Crippen LogP contribution in [-0.4, -0.2) is 23.5 Å². The first-order valence-electron chi connectivity index (χ1n) is 6.63. The molecule has 0 saturated carbocycles. The number of carbonyl (C=O) groups excluding carboxylic acids is 1. The van der Waals surface area contributed by atoms with Crippen molar-refractivity contribution >= 4 is 11.6 Å². The monoisotopic (exact) mass is 291 g/mol. The van der Waals surface area contributed by atoms with Crippen molar-refractivity contribution in [2.24, 2.45) is 0 Å². The van der Waals surface area contributed by atoms with Crippen LogP contribution in [0.15, 0.2) is 18.2 Å². The van der Waals surface area contributed by atoms with E-state index >= 15 is 0 Å². The number of amides is 1. The Bertz CT molecular complexity index is 566.